The zero-order chi connectivity index (χ0) is 63.0. The third-order valence-corrected chi connectivity index (χ3v) is 18.2. The number of aromatic nitrogens is 6. The molecule has 0 saturated carbocycles. The van der Waals surface area contributed by atoms with Crippen LogP contribution in [0.1, 0.15) is 285 Å². The first kappa shape index (κ1) is 78.4. The Bertz CT molecular complexity index is 1970. The molecular formula is C68H114N8O8S4. The molecular weight excluding hydrogens is 1190 g/mol. The Morgan fingerprint density at radius 1 is 0.284 bits per heavy atom. The lowest BCUT2D eigenvalue weighted by molar-refractivity contribution is -0.141. The van der Waals surface area contributed by atoms with Crippen molar-refractivity contribution in [1.29, 1.82) is 0 Å². The minimum atomic E-state index is -0.340. The number of benzene rings is 1. The summed E-state index contributed by atoms with van der Waals surface area (Å²) in [6.45, 7) is 10.5. The second-order valence-corrected chi connectivity index (χ2v) is 26.8. The second kappa shape index (κ2) is 55.9. The van der Waals surface area contributed by atoms with Crippen molar-refractivity contribution < 1.29 is 38.1 Å². The van der Waals surface area contributed by atoms with Crippen LogP contribution in [0.4, 0.5) is 23.3 Å². The van der Waals surface area contributed by atoms with Crippen molar-refractivity contribution in [3.05, 3.63) is 24.3 Å². The lowest BCUT2D eigenvalue weighted by Crippen LogP contribution is -2.11. The van der Waals surface area contributed by atoms with Gasteiger partial charge in [-0.15, -0.1) is 0 Å². The largest absolute Gasteiger partial charge is 0.465 e. The minimum absolute atomic E-state index is 0.0250. The molecule has 0 aliphatic heterocycles. The fraction of sp³-hybridized carbons (Fsp3) is 0.765. The van der Waals surface area contributed by atoms with Gasteiger partial charge >= 0.3 is 23.9 Å². The van der Waals surface area contributed by atoms with E-state index in [-0.39, 0.29) is 58.8 Å². The summed E-state index contributed by atoms with van der Waals surface area (Å²) in [5.74, 6) is -0.782. The van der Waals surface area contributed by atoms with Crippen LogP contribution in [0.3, 0.4) is 0 Å². The van der Waals surface area contributed by atoms with E-state index < -0.39 is 0 Å². The monoisotopic (exact) mass is 1300 g/mol. The fourth-order valence-electron chi connectivity index (χ4n) is 9.70. The van der Waals surface area contributed by atoms with Gasteiger partial charge in [-0.05, 0) is 49.9 Å². The number of nitrogens with zero attached hydrogens (tertiary/aromatic N) is 6. The van der Waals surface area contributed by atoms with E-state index in [1.165, 1.54) is 180 Å². The highest BCUT2D eigenvalue weighted by molar-refractivity contribution is 8.00. The van der Waals surface area contributed by atoms with Crippen LogP contribution in [0.15, 0.2) is 44.9 Å². The van der Waals surface area contributed by atoms with Crippen LogP contribution < -0.4 is 10.6 Å². The van der Waals surface area contributed by atoms with Gasteiger partial charge in [-0.1, -0.05) is 306 Å². The molecule has 20 heteroatoms. The van der Waals surface area contributed by atoms with Crippen LogP contribution in [0.5, 0.6) is 0 Å². The SMILES string of the molecule is CCCCCCCCCCCCOC(=O)CSc1nc(Nc2ccc(Nc3nc(SCC(=O)OCCCCCCCCCCCC)nc(SCC(=O)OCCCCCCCCCCCC)n3)cc2)nc(SCC(=O)OCCCCCCCCCCCC)n1. The summed E-state index contributed by atoms with van der Waals surface area (Å²) >= 11 is 4.63. The highest BCUT2D eigenvalue weighted by Crippen LogP contribution is 2.27. The molecule has 0 amide bonds. The topological polar surface area (TPSA) is 207 Å². The summed E-state index contributed by atoms with van der Waals surface area (Å²) in [5.41, 5.74) is 1.32. The third-order valence-electron chi connectivity index (χ3n) is 14.9. The molecule has 0 bridgehead atoms. The molecule has 1 aromatic carbocycles. The summed E-state index contributed by atoms with van der Waals surface area (Å²) in [7, 11) is 0. The maximum Gasteiger partial charge on any atom is 0.316 e. The summed E-state index contributed by atoms with van der Waals surface area (Å²) in [6.07, 6.45) is 48.0. The van der Waals surface area contributed by atoms with E-state index in [4.69, 9.17) is 18.9 Å². The lowest BCUT2D eigenvalue weighted by Gasteiger charge is -2.11. The van der Waals surface area contributed by atoms with Crippen molar-refractivity contribution in [3.8, 4) is 0 Å². The normalized spacial score (nSPS) is 11.2. The zero-order valence-corrected chi connectivity index (χ0v) is 58.1. The van der Waals surface area contributed by atoms with E-state index in [1.807, 2.05) is 24.3 Å². The van der Waals surface area contributed by atoms with E-state index in [0.717, 1.165) is 124 Å². The quantitative estimate of drug-likeness (QED) is 0.0233. The number of carbonyl (C=O) groups excluding carboxylic acids is 4. The van der Waals surface area contributed by atoms with Crippen molar-refractivity contribution >= 4 is 94.2 Å². The van der Waals surface area contributed by atoms with E-state index in [0.29, 0.717) is 58.4 Å². The van der Waals surface area contributed by atoms with Crippen LogP contribution in [-0.4, -0.2) is 103 Å². The standard InChI is InChI=1S/C68H114N8O8S4/c1-5-9-13-17-21-25-29-33-37-41-49-81-59(77)53-85-65-71-63(72-66(75-65)86-54-60(78)82-50-42-38-34-30-26-22-18-14-10-6-2)69-57-45-47-58(48-46-57)70-64-73-67(87-55-61(79)83-51-43-39-35-31-27-23-19-15-11-7-3)76-68(74-64)88-56-62(80)84-52-44-40-36-32-28-24-20-16-12-8-4/h45-48H,5-44,49-56H2,1-4H3,(H,69,71,72,75)(H,70,73,74,76). The van der Waals surface area contributed by atoms with Gasteiger partial charge in [0.05, 0.1) is 49.4 Å². The fourth-order valence-corrected chi connectivity index (χ4v) is 12.3. The summed E-state index contributed by atoms with van der Waals surface area (Å²) in [5, 5.41) is 7.79. The summed E-state index contributed by atoms with van der Waals surface area (Å²) in [4.78, 5) is 79.2. The predicted molar refractivity (Wildman–Crippen MR) is 367 cm³/mol. The average molecular weight is 1300 g/mol. The number of anilines is 4. The van der Waals surface area contributed by atoms with Crippen molar-refractivity contribution in [2.75, 3.05) is 60.1 Å². The van der Waals surface area contributed by atoms with E-state index in [2.05, 4.69) is 68.2 Å². The van der Waals surface area contributed by atoms with Gasteiger partial charge in [-0.25, -0.2) is 0 Å². The molecule has 498 valence electrons. The molecule has 0 fully saturated rings. The molecule has 2 aromatic heterocycles. The van der Waals surface area contributed by atoms with Gasteiger partial charge in [0, 0.05) is 11.4 Å². The number of nitrogens with one attached hydrogen (secondary N) is 2. The molecule has 3 rings (SSSR count). The average Bonchev–Trinajstić information content (AvgIpc) is 3.70. The predicted octanol–water partition coefficient (Wildman–Crippen LogP) is 19.8. The van der Waals surface area contributed by atoms with Crippen molar-refractivity contribution in [2.24, 2.45) is 0 Å². The molecule has 0 radical (unpaired) electrons. The molecule has 2 N–H and O–H groups in total. The van der Waals surface area contributed by atoms with Crippen molar-refractivity contribution in [2.45, 2.75) is 305 Å². The number of unbranched alkanes of at least 4 members (excludes halogenated alkanes) is 36. The van der Waals surface area contributed by atoms with Gasteiger partial charge in [0.25, 0.3) is 0 Å². The number of thioether (sulfide) groups is 4. The Kier molecular flexibility index (Phi) is 49.8. The van der Waals surface area contributed by atoms with Crippen LogP contribution >= 0.6 is 47.0 Å². The van der Waals surface area contributed by atoms with Gasteiger partial charge in [-0.3, -0.25) is 19.2 Å². The molecule has 88 heavy (non-hydrogen) atoms. The first-order valence-electron chi connectivity index (χ1n) is 34.5. The van der Waals surface area contributed by atoms with Gasteiger partial charge in [0.15, 0.2) is 20.6 Å². The molecule has 3 aromatic rings. The van der Waals surface area contributed by atoms with Gasteiger partial charge in [-0.2, -0.15) is 29.9 Å². The van der Waals surface area contributed by atoms with Gasteiger partial charge in [0.1, 0.15) is 0 Å². The molecule has 0 saturated heterocycles. The smallest absolute Gasteiger partial charge is 0.316 e. The van der Waals surface area contributed by atoms with Crippen LogP contribution in [0.2, 0.25) is 0 Å². The Hall–Kier alpha value is -3.88. The molecule has 0 aliphatic rings. The Morgan fingerprint density at radius 3 is 0.659 bits per heavy atom. The molecule has 0 atom stereocenters. The van der Waals surface area contributed by atoms with Gasteiger partial charge in [0.2, 0.25) is 11.9 Å². The van der Waals surface area contributed by atoms with E-state index >= 15 is 0 Å². The number of hydrogen-bond donors (Lipinski definition) is 2. The highest BCUT2D eigenvalue weighted by Gasteiger charge is 2.17. The number of ether oxygens (including phenoxy) is 4. The first-order chi connectivity index (χ1) is 43.2. The van der Waals surface area contributed by atoms with E-state index in [9.17, 15) is 19.2 Å². The number of carbonyl (C=O) groups is 4. The maximum absolute atomic E-state index is 12.9. The summed E-state index contributed by atoms with van der Waals surface area (Å²) < 4.78 is 22.3. The van der Waals surface area contributed by atoms with Crippen LogP contribution in [-0.2, 0) is 38.1 Å². The molecule has 2 heterocycles. The maximum atomic E-state index is 12.9. The third kappa shape index (κ3) is 44.6. The molecule has 16 nitrogen and oxygen atoms in total. The number of esters is 4. The number of hydrogen-bond acceptors (Lipinski definition) is 20. The molecule has 0 unspecified atom stereocenters. The van der Waals surface area contributed by atoms with E-state index in [1.54, 1.807) is 0 Å². The zero-order valence-electron chi connectivity index (χ0n) is 54.8. The Balaban J connectivity index is 1.62. The summed E-state index contributed by atoms with van der Waals surface area (Å²) in [6, 6.07) is 7.35. The Labute approximate surface area is 548 Å². The number of rotatable bonds is 60. The molecule has 0 spiro atoms. The minimum Gasteiger partial charge on any atom is -0.465 e. The molecule has 0 aliphatic carbocycles. The highest BCUT2D eigenvalue weighted by atomic mass is 32.2. The van der Waals surface area contributed by atoms with Crippen LogP contribution in [0.25, 0.3) is 0 Å². The van der Waals surface area contributed by atoms with Crippen molar-refractivity contribution in [1.82, 2.24) is 29.9 Å². The van der Waals surface area contributed by atoms with Gasteiger partial charge < -0.3 is 29.6 Å². The first-order valence-corrected chi connectivity index (χ1v) is 38.4. The Morgan fingerprint density at radius 2 is 0.466 bits per heavy atom. The van der Waals surface area contributed by atoms with Crippen molar-refractivity contribution in [3.63, 3.8) is 0 Å². The second-order valence-electron chi connectivity index (χ2n) is 23.0. The van der Waals surface area contributed by atoms with Crippen LogP contribution in [0, 0.1) is 0 Å². The lowest BCUT2D eigenvalue weighted by atomic mass is 10.1.